The fraction of sp³-hybridized carbons (Fsp3) is 0.750. The Morgan fingerprint density at radius 2 is 2.57 bits per heavy atom. The highest BCUT2D eigenvalue weighted by molar-refractivity contribution is 6.12. The average molecular weight is 191 g/mol. The van der Waals surface area contributed by atoms with E-state index in [-0.39, 0.29) is 31.2 Å². The van der Waals surface area contributed by atoms with Crippen molar-refractivity contribution in [3.8, 4) is 12.3 Å². The molecule has 2 radical (unpaired) electrons. The first-order valence-electron chi connectivity index (χ1n) is 4.22. The van der Waals surface area contributed by atoms with Gasteiger partial charge in [-0.2, -0.15) is 0 Å². The van der Waals surface area contributed by atoms with Crippen molar-refractivity contribution < 1.29 is 9.47 Å². The standard InChI is InChI=1S/C8H10BN3O2/c1-2-3-13-8-6(9)5-14-7(8)4-11-12-10/h1,6-8H,3-5H2. The van der Waals surface area contributed by atoms with E-state index in [2.05, 4.69) is 15.9 Å². The molecule has 0 aromatic rings. The van der Waals surface area contributed by atoms with Crippen molar-refractivity contribution in [1.29, 1.82) is 0 Å². The van der Waals surface area contributed by atoms with E-state index in [0.29, 0.717) is 6.61 Å². The van der Waals surface area contributed by atoms with Gasteiger partial charge in [-0.3, -0.25) is 0 Å². The Kier molecular flexibility index (Phi) is 4.34. The van der Waals surface area contributed by atoms with E-state index in [9.17, 15) is 0 Å². The number of nitrogens with zero attached hydrogens (tertiary/aromatic N) is 3. The number of azide groups is 1. The molecule has 1 saturated heterocycles. The van der Waals surface area contributed by atoms with Crippen LogP contribution in [0.5, 0.6) is 0 Å². The van der Waals surface area contributed by atoms with E-state index in [0.717, 1.165) is 0 Å². The maximum atomic E-state index is 8.15. The molecular formula is C8H10BN3O2. The third-order valence-corrected chi connectivity index (χ3v) is 1.98. The molecule has 1 heterocycles. The molecule has 0 saturated carbocycles. The SMILES string of the molecule is [B]C1COC(CN=[N+]=[N-])C1OCC#C. The Bertz CT molecular complexity index is 272. The summed E-state index contributed by atoms with van der Waals surface area (Å²) in [5, 5.41) is 3.41. The maximum absolute atomic E-state index is 8.15. The van der Waals surface area contributed by atoms with Crippen molar-refractivity contribution in [3.63, 3.8) is 0 Å². The van der Waals surface area contributed by atoms with Gasteiger partial charge in [-0.25, -0.2) is 0 Å². The molecule has 72 valence electrons. The van der Waals surface area contributed by atoms with E-state index in [1.165, 1.54) is 0 Å². The first-order valence-corrected chi connectivity index (χ1v) is 4.22. The van der Waals surface area contributed by atoms with Crippen molar-refractivity contribution in [2.24, 2.45) is 5.11 Å². The smallest absolute Gasteiger partial charge is 0.107 e. The molecule has 3 unspecified atom stereocenters. The van der Waals surface area contributed by atoms with Crippen LogP contribution in [-0.2, 0) is 9.47 Å². The lowest BCUT2D eigenvalue weighted by Gasteiger charge is -2.18. The van der Waals surface area contributed by atoms with Crippen molar-refractivity contribution in [3.05, 3.63) is 10.4 Å². The van der Waals surface area contributed by atoms with Crippen LogP contribution in [0.25, 0.3) is 10.4 Å². The van der Waals surface area contributed by atoms with E-state index in [1.807, 2.05) is 0 Å². The number of ether oxygens (including phenoxy) is 2. The van der Waals surface area contributed by atoms with E-state index in [4.69, 9.17) is 29.3 Å². The monoisotopic (exact) mass is 191 g/mol. The van der Waals surface area contributed by atoms with Gasteiger partial charge < -0.3 is 9.47 Å². The molecule has 1 aliphatic rings. The normalized spacial score (nSPS) is 30.6. The first kappa shape index (κ1) is 10.9. The van der Waals surface area contributed by atoms with Gasteiger partial charge in [0.15, 0.2) is 0 Å². The molecule has 5 nitrogen and oxygen atoms in total. The highest BCUT2D eigenvalue weighted by atomic mass is 16.6. The molecule has 0 spiro atoms. The first-order chi connectivity index (χ1) is 6.79. The second-order valence-corrected chi connectivity index (χ2v) is 2.93. The number of terminal acetylenes is 1. The average Bonchev–Trinajstić information content (AvgIpc) is 2.53. The van der Waals surface area contributed by atoms with Crippen LogP contribution in [0.1, 0.15) is 0 Å². The minimum Gasteiger partial charge on any atom is -0.376 e. The van der Waals surface area contributed by atoms with Crippen molar-refractivity contribution in [2.75, 3.05) is 19.8 Å². The van der Waals surface area contributed by atoms with Gasteiger partial charge in [0, 0.05) is 11.5 Å². The summed E-state index contributed by atoms with van der Waals surface area (Å²) in [6.45, 7) is 0.814. The van der Waals surface area contributed by atoms with Gasteiger partial charge in [0.25, 0.3) is 0 Å². The van der Waals surface area contributed by atoms with E-state index < -0.39 is 0 Å². The van der Waals surface area contributed by atoms with Gasteiger partial charge in [-0.1, -0.05) is 11.0 Å². The zero-order chi connectivity index (χ0) is 10.4. The van der Waals surface area contributed by atoms with Crippen molar-refractivity contribution in [2.45, 2.75) is 18.0 Å². The zero-order valence-corrected chi connectivity index (χ0v) is 7.67. The van der Waals surface area contributed by atoms with Crippen LogP contribution in [0.15, 0.2) is 5.11 Å². The molecule has 0 aromatic carbocycles. The van der Waals surface area contributed by atoms with Crippen molar-refractivity contribution >= 4 is 7.85 Å². The molecule has 0 aliphatic carbocycles. The Labute approximate surface area is 83.8 Å². The molecule has 1 rings (SSSR count). The minimum absolute atomic E-state index is 0.189. The summed E-state index contributed by atoms with van der Waals surface area (Å²) in [6, 6.07) is 0. The highest BCUT2D eigenvalue weighted by Crippen LogP contribution is 2.25. The predicted molar refractivity (Wildman–Crippen MR) is 51.8 cm³/mol. The summed E-state index contributed by atoms with van der Waals surface area (Å²) in [6.07, 6.45) is 4.49. The van der Waals surface area contributed by atoms with E-state index >= 15 is 0 Å². The second kappa shape index (κ2) is 5.56. The molecule has 3 atom stereocenters. The Balaban J connectivity index is 2.48. The minimum atomic E-state index is -0.283. The lowest BCUT2D eigenvalue weighted by molar-refractivity contribution is 0.00923. The summed E-state index contributed by atoms with van der Waals surface area (Å²) < 4.78 is 10.6. The van der Waals surface area contributed by atoms with Gasteiger partial charge in [0.1, 0.15) is 6.61 Å². The molecule has 0 amide bonds. The van der Waals surface area contributed by atoms with Gasteiger partial charge in [-0.15, -0.1) is 6.42 Å². The van der Waals surface area contributed by atoms with Gasteiger partial charge in [-0.05, 0) is 11.3 Å². The van der Waals surface area contributed by atoms with Gasteiger partial charge in [0.05, 0.1) is 26.6 Å². The summed E-state index contributed by atoms with van der Waals surface area (Å²) >= 11 is 0. The molecule has 1 aliphatic heterocycles. The fourth-order valence-corrected chi connectivity index (χ4v) is 1.35. The molecule has 0 aromatic heterocycles. The molecule has 1 fully saturated rings. The molecular weight excluding hydrogens is 181 g/mol. The lowest BCUT2D eigenvalue weighted by atomic mass is 9.83. The molecule has 6 heteroatoms. The Hall–Kier alpha value is -1.15. The fourth-order valence-electron chi connectivity index (χ4n) is 1.35. The van der Waals surface area contributed by atoms with Crippen LogP contribution in [0.4, 0.5) is 0 Å². The third kappa shape index (κ3) is 2.67. The summed E-state index contributed by atoms with van der Waals surface area (Å²) in [4.78, 5) is 2.65. The molecule has 14 heavy (non-hydrogen) atoms. The lowest BCUT2D eigenvalue weighted by Crippen LogP contribution is -2.30. The maximum Gasteiger partial charge on any atom is 0.107 e. The van der Waals surface area contributed by atoms with Gasteiger partial charge in [0.2, 0.25) is 0 Å². The quantitative estimate of drug-likeness (QED) is 0.215. The molecule has 0 N–H and O–H groups in total. The Morgan fingerprint density at radius 1 is 1.79 bits per heavy atom. The Morgan fingerprint density at radius 3 is 3.21 bits per heavy atom. The van der Waals surface area contributed by atoms with Crippen LogP contribution in [-0.4, -0.2) is 39.8 Å². The topological polar surface area (TPSA) is 67.2 Å². The van der Waals surface area contributed by atoms with Gasteiger partial charge >= 0.3 is 0 Å². The van der Waals surface area contributed by atoms with Crippen LogP contribution in [0.3, 0.4) is 0 Å². The van der Waals surface area contributed by atoms with Crippen LogP contribution in [0.2, 0.25) is 5.82 Å². The summed E-state index contributed by atoms with van der Waals surface area (Å²) in [5.41, 5.74) is 8.15. The number of hydrogen-bond donors (Lipinski definition) is 0. The largest absolute Gasteiger partial charge is 0.376 e. The van der Waals surface area contributed by atoms with Crippen LogP contribution in [0, 0.1) is 12.3 Å². The van der Waals surface area contributed by atoms with Crippen LogP contribution >= 0.6 is 0 Å². The van der Waals surface area contributed by atoms with Crippen LogP contribution < -0.4 is 0 Å². The van der Waals surface area contributed by atoms with Crippen molar-refractivity contribution in [1.82, 2.24) is 0 Å². The third-order valence-electron chi connectivity index (χ3n) is 1.98. The molecule has 0 bridgehead atoms. The number of rotatable bonds is 4. The summed E-state index contributed by atoms with van der Waals surface area (Å²) in [5.74, 6) is 2.15. The number of hydrogen-bond acceptors (Lipinski definition) is 3. The predicted octanol–water partition coefficient (Wildman–Crippen LogP) is 0.671. The van der Waals surface area contributed by atoms with E-state index in [1.54, 1.807) is 0 Å². The highest BCUT2D eigenvalue weighted by Gasteiger charge is 2.34. The zero-order valence-electron chi connectivity index (χ0n) is 7.67. The second-order valence-electron chi connectivity index (χ2n) is 2.93. The summed E-state index contributed by atoms with van der Waals surface area (Å²) in [7, 11) is 5.73.